The molecule has 0 saturated carbocycles. The van der Waals surface area contributed by atoms with Gasteiger partial charge in [0.2, 0.25) is 5.91 Å². The highest BCUT2D eigenvalue weighted by Crippen LogP contribution is 2.25. The lowest BCUT2D eigenvalue weighted by atomic mass is 9.90. The summed E-state index contributed by atoms with van der Waals surface area (Å²) in [7, 11) is 1.57. The van der Waals surface area contributed by atoms with Crippen LogP contribution in [0.4, 0.5) is 4.79 Å². The first-order valence-electron chi connectivity index (χ1n) is 6.64. The van der Waals surface area contributed by atoms with Gasteiger partial charge in [0.05, 0.1) is 0 Å². The fourth-order valence-corrected chi connectivity index (χ4v) is 2.60. The Balaban J connectivity index is 1.93. The zero-order chi connectivity index (χ0) is 13.9. The zero-order valence-electron chi connectivity index (χ0n) is 11.1. The van der Waals surface area contributed by atoms with E-state index in [1.165, 1.54) is 4.90 Å². The topological polar surface area (TPSA) is 90.5 Å². The van der Waals surface area contributed by atoms with E-state index < -0.39 is 5.54 Å². The summed E-state index contributed by atoms with van der Waals surface area (Å²) in [4.78, 5) is 36.6. The summed E-state index contributed by atoms with van der Waals surface area (Å²) >= 11 is 0. The van der Waals surface area contributed by atoms with E-state index in [4.69, 9.17) is 0 Å². The Morgan fingerprint density at radius 3 is 2.89 bits per heavy atom. The van der Waals surface area contributed by atoms with Crippen LogP contribution in [0.1, 0.15) is 25.7 Å². The molecule has 2 saturated heterocycles. The van der Waals surface area contributed by atoms with Crippen molar-refractivity contribution in [3.05, 3.63) is 0 Å². The first-order chi connectivity index (χ1) is 9.09. The molecule has 2 aliphatic rings. The molecule has 0 aromatic heterocycles. The van der Waals surface area contributed by atoms with Crippen molar-refractivity contribution in [2.75, 3.05) is 26.7 Å². The minimum Gasteiger partial charge on any atom is -0.359 e. The summed E-state index contributed by atoms with van der Waals surface area (Å²) in [5.74, 6) is -0.247. The molecule has 0 aliphatic carbocycles. The SMILES string of the molecule is CNC(=O)CCCN1C(=O)NC2(CCCNC2)C1=O. The number of hydrogen-bond acceptors (Lipinski definition) is 4. The van der Waals surface area contributed by atoms with Gasteiger partial charge >= 0.3 is 6.03 Å². The van der Waals surface area contributed by atoms with E-state index in [-0.39, 0.29) is 17.8 Å². The summed E-state index contributed by atoms with van der Waals surface area (Å²) < 4.78 is 0. The number of urea groups is 1. The van der Waals surface area contributed by atoms with Crippen molar-refractivity contribution in [3.8, 4) is 0 Å². The summed E-state index contributed by atoms with van der Waals surface area (Å²) in [6.07, 6.45) is 2.36. The Labute approximate surface area is 112 Å². The second-order valence-electron chi connectivity index (χ2n) is 5.03. The minimum atomic E-state index is -0.762. The first kappa shape index (κ1) is 13.8. The monoisotopic (exact) mass is 268 g/mol. The average molecular weight is 268 g/mol. The van der Waals surface area contributed by atoms with Gasteiger partial charge in [0.15, 0.2) is 0 Å². The first-order valence-corrected chi connectivity index (χ1v) is 6.64. The highest BCUT2D eigenvalue weighted by molar-refractivity contribution is 6.07. The Hall–Kier alpha value is -1.63. The highest BCUT2D eigenvalue weighted by atomic mass is 16.2. The van der Waals surface area contributed by atoms with Crippen LogP contribution in [0, 0.1) is 0 Å². The summed E-state index contributed by atoms with van der Waals surface area (Å²) in [6.45, 7) is 1.66. The van der Waals surface area contributed by atoms with Crippen molar-refractivity contribution < 1.29 is 14.4 Å². The number of carbonyl (C=O) groups is 3. The molecule has 0 aromatic rings. The van der Waals surface area contributed by atoms with Crippen molar-refractivity contribution in [2.45, 2.75) is 31.2 Å². The molecule has 19 heavy (non-hydrogen) atoms. The lowest BCUT2D eigenvalue weighted by molar-refractivity contribution is -0.132. The van der Waals surface area contributed by atoms with Crippen LogP contribution in [0.2, 0.25) is 0 Å². The van der Waals surface area contributed by atoms with E-state index in [9.17, 15) is 14.4 Å². The molecule has 0 bridgehead atoms. The highest BCUT2D eigenvalue weighted by Gasteiger charge is 2.51. The van der Waals surface area contributed by atoms with Crippen LogP contribution in [-0.4, -0.2) is 55.0 Å². The number of hydrogen-bond donors (Lipinski definition) is 3. The summed E-state index contributed by atoms with van der Waals surface area (Å²) in [6, 6.07) is -0.342. The number of piperidine rings is 1. The van der Waals surface area contributed by atoms with Gasteiger partial charge in [-0.1, -0.05) is 0 Å². The van der Waals surface area contributed by atoms with Gasteiger partial charge in [-0.2, -0.15) is 0 Å². The van der Waals surface area contributed by atoms with Crippen molar-refractivity contribution in [3.63, 3.8) is 0 Å². The van der Waals surface area contributed by atoms with Gasteiger partial charge in [-0.15, -0.1) is 0 Å². The fraction of sp³-hybridized carbons (Fsp3) is 0.750. The predicted octanol–water partition coefficient (Wildman–Crippen LogP) is -0.813. The molecule has 106 valence electrons. The Bertz CT molecular complexity index is 390. The molecule has 7 nitrogen and oxygen atoms in total. The van der Waals surface area contributed by atoms with Crippen molar-refractivity contribution in [1.82, 2.24) is 20.9 Å². The number of rotatable bonds is 4. The molecule has 1 spiro atoms. The number of carbonyl (C=O) groups excluding carboxylic acids is 3. The Morgan fingerprint density at radius 2 is 2.26 bits per heavy atom. The molecular formula is C12H20N4O3. The van der Waals surface area contributed by atoms with E-state index in [0.29, 0.717) is 32.4 Å². The largest absolute Gasteiger partial charge is 0.359 e. The predicted molar refractivity (Wildman–Crippen MR) is 68.4 cm³/mol. The van der Waals surface area contributed by atoms with Gasteiger partial charge in [-0.3, -0.25) is 14.5 Å². The van der Waals surface area contributed by atoms with Crippen molar-refractivity contribution >= 4 is 17.8 Å². The lowest BCUT2D eigenvalue weighted by Crippen LogP contribution is -2.57. The van der Waals surface area contributed by atoms with Gasteiger partial charge in [0.1, 0.15) is 5.54 Å². The molecule has 0 aromatic carbocycles. The van der Waals surface area contributed by atoms with Crippen LogP contribution in [-0.2, 0) is 9.59 Å². The van der Waals surface area contributed by atoms with Crippen LogP contribution in [0.3, 0.4) is 0 Å². The van der Waals surface area contributed by atoms with E-state index >= 15 is 0 Å². The van der Waals surface area contributed by atoms with E-state index in [0.717, 1.165) is 13.0 Å². The fourth-order valence-electron chi connectivity index (χ4n) is 2.60. The number of nitrogens with zero attached hydrogens (tertiary/aromatic N) is 1. The molecule has 1 unspecified atom stereocenters. The summed E-state index contributed by atoms with van der Waals surface area (Å²) in [5, 5.41) is 8.46. The van der Waals surface area contributed by atoms with Gasteiger partial charge in [-0.25, -0.2) is 4.79 Å². The number of nitrogens with one attached hydrogen (secondary N) is 3. The van der Waals surface area contributed by atoms with Crippen molar-refractivity contribution in [2.24, 2.45) is 0 Å². The van der Waals surface area contributed by atoms with Crippen LogP contribution in [0.5, 0.6) is 0 Å². The molecule has 2 rings (SSSR count). The maximum atomic E-state index is 12.3. The molecule has 0 radical (unpaired) electrons. The molecule has 4 amide bonds. The second kappa shape index (κ2) is 5.56. The van der Waals surface area contributed by atoms with E-state index in [1.54, 1.807) is 7.05 Å². The Kier molecular flexibility index (Phi) is 4.04. The normalized spacial score (nSPS) is 26.7. The van der Waals surface area contributed by atoms with Crippen molar-refractivity contribution in [1.29, 1.82) is 0 Å². The van der Waals surface area contributed by atoms with Gasteiger partial charge in [-0.05, 0) is 25.8 Å². The molecule has 2 fully saturated rings. The van der Waals surface area contributed by atoms with Gasteiger partial charge < -0.3 is 16.0 Å². The maximum Gasteiger partial charge on any atom is 0.325 e. The molecule has 3 N–H and O–H groups in total. The average Bonchev–Trinajstić information content (AvgIpc) is 2.63. The van der Waals surface area contributed by atoms with Crippen LogP contribution in [0.15, 0.2) is 0 Å². The Morgan fingerprint density at radius 1 is 1.47 bits per heavy atom. The number of imide groups is 1. The third-order valence-electron chi connectivity index (χ3n) is 3.69. The number of amides is 4. The molecular weight excluding hydrogens is 248 g/mol. The van der Waals surface area contributed by atoms with Crippen LogP contribution in [0.25, 0.3) is 0 Å². The van der Waals surface area contributed by atoms with Gasteiger partial charge in [0.25, 0.3) is 5.91 Å². The lowest BCUT2D eigenvalue weighted by Gasteiger charge is -2.31. The van der Waals surface area contributed by atoms with E-state index in [2.05, 4.69) is 16.0 Å². The van der Waals surface area contributed by atoms with Gasteiger partial charge in [0, 0.05) is 26.6 Å². The standard InChI is InChI=1S/C12H20N4O3/c1-13-9(17)4-2-7-16-10(18)12(15-11(16)19)5-3-6-14-8-12/h14H,2-8H2,1H3,(H,13,17)(H,15,19). The maximum absolute atomic E-state index is 12.3. The smallest absolute Gasteiger partial charge is 0.325 e. The quantitative estimate of drug-likeness (QED) is 0.581. The van der Waals surface area contributed by atoms with Crippen LogP contribution >= 0.6 is 0 Å². The molecule has 2 aliphatic heterocycles. The molecule has 1 atom stereocenters. The third-order valence-corrected chi connectivity index (χ3v) is 3.69. The minimum absolute atomic E-state index is 0.0823. The third kappa shape index (κ3) is 2.70. The van der Waals surface area contributed by atoms with Crippen LogP contribution < -0.4 is 16.0 Å². The summed E-state index contributed by atoms with van der Waals surface area (Å²) in [5.41, 5.74) is -0.762. The van der Waals surface area contributed by atoms with E-state index in [1.807, 2.05) is 0 Å². The second-order valence-corrected chi connectivity index (χ2v) is 5.03. The molecule has 2 heterocycles. The zero-order valence-corrected chi connectivity index (χ0v) is 11.1. The molecule has 7 heteroatoms.